The Bertz CT molecular complexity index is 733. The van der Waals surface area contributed by atoms with E-state index in [-0.39, 0.29) is 5.56 Å². The van der Waals surface area contributed by atoms with Crippen LogP contribution in [0.4, 0.5) is 13.2 Å². The molecule has 0 unspecified atom stereocenters. The van der Waals surface area contributed by atoms with Gasteiger partial charge in [-0.3, -0.25) is 4.79 Å². The van der Waals surface area contributed by atoms with E-state index >= 15 is 0 Å². The number of hydrogen-bond acceptors (Lipinski definition) is 2. The molecule has 1 amide bonds. The van der Waals surface area contributed by atoms with Gasteiger partial charge in [-0.15, -0.1) is 0 Å². The van der Waals surface area contributed by atoms with Gasteiger partial charge in [-0.25, -0.2) is 0 Å². The van der Waals surface area contributed by atoms with Crippen LogP contribution >= 0.6 is 0 Å². The van der Waals surface area contributed by atoms with Crippen LogP contribution < -0.4 is 5.32 Å². The van der Waals surface area contributed by atoms with E-state index in [1.165, 1.54) is 6.07 Å². The Hall–Kier alpha value is -2.81. The minimum atomic E-state index is -4.48. The Balaban J connectivity index is 2.39. The minimum Gasteiger partial charge on any atom is -0.343 e. The molecule has 112 valence electrons. The Morgan fingerprint density at radius 1 is 1.05 bits per heavy atom. The number of halogens is 3. The van der Waals surface area contributed by atoms with E-state index in [9.17, 15) is 18.0 Å². The smallest absolute Gasteiger partial charge is 0.343 e. The molecule has 0 heterocycles. The Morgan fingerprint density at radius 3 is 2.27 bits per heavy atom. The zero-order valence-electron chi connectivity index (χ0n) is 11.3. The van der Waals surface area contributed by atoms with Crippen LogP contribution in [0.2, 0.25) is 0 Å². The van der Waals surface area contributed by atoms with E-state index in [0.29, 0.717) is 16.7 Å². The largest absolute Gasteiger partial charge is 0.405 e. The van der Waals surface area contributed by atoms with Crippen LogP contribution in [0.25, 0.3) is 11.1 Å². The summed E-state index contributed by atoms with van der Waals surface area (Å²) in [5.74, 6) is -0.833. The number of alkyl halides is 3. The molecule has 0 bridgehead atoms. The predicted molar refractivity (Wildman–Crippen MR) is 75.0 cm³/mol. The molecule has 2 aromatic rings. The highest BCUT2D eigenvalue weighted by molar-refractivity contribution is 6.01. The first-order valence-corrected chi connectivity index (χ1v) is 6.36. The zero-order chi connectivity index (χ0) is 16.2. The molecule has 2 rings (SSSR count). The van der Waals surface area contributed by atoms with Crippen LogP contribution in [0.3, 0.4) is 0 Å². The third-order valence-corrected chi connectivity index (χ3v) is 2.96. The summed E-state index contributed by atoms with van der Waals surface area (Å²) in [6.45, 7) is -1.40. The monoisotopic (exact) mass is 304 g/mol. The highest BCUT2D eigenvalue weighted by atomic mass is 19.4. The molecule has 0 saturated carbocycles. The number of benzene rings is 2. The minimum absolute atomic E-state index is 0.0921. The third kappa shape index (κ3) is 3.64. The fourth-order valence-corrected chi connectivity index (χ4v) is 2.01. The first-order chi connectivity index (χ1) is 10.4. The Morgan fingerprint density at radius 2 is 1.64 bits per heavy atom. The number of rotatable bonds is 3. The van der Waals surface area contributed by atoms with Crippen molar-refractivity contribution >= 4 is 5.91 Å². The maximum Gasteiger partial charge on any atom is 0.405 e. The van der Waals surface area contributed by atoms with Crippen LogP contribution in [0, 0.1) is 11.3 Å². The molecule has 2 aromatic carbocycles. The molecule has 0 spiro atoms. The summed E-state index contributed by atoms with van der Waals surface area (Å²) >= 11 is 0. The van der Waals surface area contributed by atoms with Crippen LogP contribution in [0.1, 0.15) is 15.9 Å². The van der Waals surface area contributed by atoms with Gasteiger partial charge >= 0.3 is 6.18 Å². The van der Waals surface area contributed by atoms with Gasteiger partial charge < -0.3 is 5.32 Å². The lowest BCUT2D eigenvalue weighted by molar-refractivity contribution is -0.123. The van der Waals surface area contributed by atoms with E-state index in [0.717, 1.165) is 0 Å². The van der Waals surface area contributed by atoms with Gasteiger partial charge in [-0.05, 0) is 17.7 Å². The van der Waals surface area contributed by atoms with Crippen LogP contribution in [-0.2, 0) is 0 Å². The topological polar surface area (TPSA) is 52.9 Å². The summed E-state index contributed by atoms with van der Waals surface area (Å²) < 4.78 is 36.6. The molecule has 6 heteroatoms. The Kier molecular flexibility index (Phi) is 4.47. The molecule has 3 nitrogen and oxygen atoms in total. The van der Waals surface area contributed by atoms with E-state index in [1.54, 1.807) is 42.5 Å². The zero-order valence-corrected chi connectivity index (χ0v) is 11.3. The lowest BCUT2D eigenvalue weighted by atomic mass is 9.95. The van der Waals surface area contributed by atoms with Crippen molar-refractivity contribution in [2.24, 2.45) is 0 Å². The molecule has 1 N–H and O–H groups in total. The average molecular weight is 304 g/mol. The number of carbonyl (C=O) groups excluding carboxylic acids is 1. The fourth-order valence-electron chi connectivity index (χ4n) is 2.01. The molecule has 0 aromatic heterocycles. The molecular weight excluding hydrogens is 293 g/mol. The van der Waals surface area contributed by atoms with Crippen LogP contribution in [0.15, 0.2) is 48.5 Å². The van der Waals surface area contributed by atoms with Crippen molar-refractivity contribution in [1.82, 2.24) is 5.32 Å². The summed E-state index contributed by atoms with van der Waals surface area (Å²) in [5.41, 5.74) is 1.36. The van der Waals surface area contributed by atoms with Gasteiger partial charge in [0.2, 0.25) is 0 Å². The first kappa shape index (κ1) is 15.6. The summed E-state index contributed by atoms with van der Waals surface area (Å²) in [4.78, 5) is 12.0. The highest BCUT2D eigenvalue weighted by Gasteiger charge is 2.28. The van der Waals surface area contributed by atoms with E-state index in [1.807, 2.05) is 11.4 Å². The van der Waals surface area contributed by atoms with Crippen LogP contribution in [-0.4, -0.2) is 18.6 Å². The molecule has 0 radical (unpaired) electrons. The van der Waals surface area contributed by atoms with Crippen molar-refractivity contribution in [3.63, 3.8) is 0 Å². The molecular formula is C16H11F3N2O. The molecule has 0 aliphatic carbocycles. The van der Waals surface area contributed by atoms with Gasteiger partial charge in [0.05, 0.1) is 11.6 Å². The molecule has 0 atom stereocenters. The Labute approximate surface area is 125 Å². The van der Waals surface area contributed by atoms with Gasteiger partial charge in [0.1, 0.15) is 6.54 Å². The number of nitriles is 1. The second kappa shape index (κ2) is 6.31. The van der Waals surface area contributed by atoms with E-state index in [4.69, 9.17) is 5.26 Å². The maximum absolute atomic E-state index is 12.2. The van der Waals surface area contributed by atoms with E-state index in [2.05, 4.69) is 0 Å². The van der Waals surface area contributed by atoms with Crippen molar-refractivity contribution < 1.29 is 18.0 Å². The predicted octanol–water partition coefficient (Wildman–Crippen LogP) is 3.52. The normalized spacial score (nSPS) is 10.8. The van der Waals surface area contributed by atoms with Crippen molar-refractivity contribution in [1.29, 1.82) is 5.26 Å². The molecule has 0 saturated heterocycles. The standard InChI is InChI=1S/C16H11F3N2O/c17-16(18,19)10-21-15(22)14-8-4-3-7-13(14)12-6-2-1-5-11(12)9-20/h1-8H,10H2,(H,21,22). The third-order valence-electron chi connectivity index (χ3n) is 2.96. The van der Waals surface area contributed by atoms with Gasteiger partial charge in [-0.2, -0.15) is 18.4 Å². The second-order valence-electron chi connectivity index (χ2n) is 4.50. The van der Waals surface area contributed by atoms with Crippen molar-refractivity contribution in [3.05, 3.63) is 59.7 Å². The molecule has 22 heavy (non-hydrogen) atoms. The number of amides is 1. The van der Waals surface area contributed by atoms with Gasteiger partial charge in [0.25, 0.3) is 5.91 Å². The average Bonchev–Trinajstić information content (AvgIpc) is 2.52. The first-order valence-electron chi connectivity index (χ1n) is 6.36. The van der Waals surface area contributed by atoms with Crippen molar-refractivity contribution in [2.45, 2.75) is 6.18 Å². The number of nitrogens with one attached hydrogen (secondary N) is 1. The SMILES string of the molecule is N#Cc1ccccc1-c1ccccc1C(=O)NCC(F)(F)F. The lowest BCUT2D eigenvalue weighted by Gasteiger charge is -2.12. The van der Waals surface area contributed by atoms with Crippen molar-refractivity contribution in [2.75, 3.05) is 6.54 Å². The van der Waals surface area contributed by atoms with Crippen molar-refractivity contribution in [3.8, 4) is 17.2 Å². The number of carbonyl (C=O) groups is 1. The molecule has 0 aliphatic heterocycles. The molecule has 0 fully saturated rings. The second-order valence-corrected chi connectivity index (χ2v) is 4.50. The van der Waals surface area contributed by atoms with Gasteiger partial charge in [-0.1, -0.05) is 36.4 Å². The highest BCUT2D eigenvalue weighted by Crippen LogP contribution is 2.27. The summed E-state index contributed by atoms with van der Waals surface area (Å²) in [7, 11) is 0. The fraction of sp³-hybridized carbons (Fsp3) is 0.125. The summed E-state index contributed by atoms with van der Waals surface area (Å²) in [6.07, 6.45) is -4.48. The van der Waals surface area contributed by atoms with Gasteiger partial charge in [0, 0.05) is 11.1 Å². The summed E-state index contributed by atoms with van der Waals surface area (Å²) in [6, 6.07) is 14.8. The number of hydrogen-bond donors (Lipinski definition) is 1. The van der Waals surface area contributed by atoms with Crippen LogP contribution in [0.5, 0.6) is 0 Å². The quantitative estimate of drug-likeness (QED) is 0.943. The lowest BCUT2D eigenvalue weighted by Crippen LogP contribution is -2.33. The maximum atomic E-state index is 12.2. The summed E-state index contributed by atoms with van der Waals surface area (Å²) in [5, 5.41) is 11.0. The van der Waals surface area contributed by atoms with Gasteiger partial charge in [0.15, 0.2) is 0 Å². The molecule has 0 aliphatic rings. The van der Waals surface area contributed by atoms with E-state index < -0.39 is 18.6 Å². The number of nitrogens with zero attached hydrogens (tertiary/aromatic N) is 1.